The second-order valence-electron chi connectivity index (χ2n) is 8.94. The minimum atomic E-state index is -3.35. The average Bonchev–Trinajstić information content (AvgIpc) is 3.37. The van der Waals surface area contributed by atoms with Crippen molar-refractivity contribution in [2.24, 2.45) is 0 Å². The van der Waals surface area contributed by atoms with E-state index >= 15 is 0 Å². The lowest BCUT2D eigenvalue weighted by Gasteiger charge is -2.22. The van der Waals surface area contributed by atoms with Crippen LogP contribution < -0.4 is 10.6 Å². The Kier molecular flexibility index (Phi) is 8.16. The van der Waals surface area contributed by atoms with E-state index in [1.165, 1.54) is 22.7 Å². The number of amides is 1. The molecule has 0 saturated carbocycles. The summed E-state index contributed by atoms with van der Waals surface area (Å²) >= 11 is 0. The van der Waals surface area contributed by atoms with Gasteiger partial charge in [0.25, 0.3) is 5.91 Å². The molecule has 2 aromatic carbocycles. The molecular formula is C27H28FN5O3S. The molecule has 2 heterocycles. The first kappa shape index (κ1) is 26.3. The number of nitrogens with zero attached hydrogens (tertiary/aromatic N) is 3. The van der Waals surface area contributed by atoms with Crippen LogP contribution in [0, 0.1) is 17.1 Å². The molecule has 1 atom stereocenters. The molecule has 0 unspecified atom stereocenters. The zero-order valence-corrected chi connectivity index (χ0v) is 21.3. The number of pyridine rings is 1. The Balaban J connectivity index is 1.56. The standard InChI is InChI=1S/C27H28FN5O3S/c1-37(35,36)33-15-5-9-22(33)18-31-27(34)24-11-12-25(23-10-3-2-7-20(23)17-29)32-26(24)30-14-13-19-6-4-8-21(28)16-19/h2-4,6-8,10-12,16,22H,5,9,13-15,18H2,1H3,(H,30,32)(H,31,34)/t22-/m1/s1. The highest BCUT2D eigenvalue weighted by atomic mass is 32.2. The molecule has 37 heavy (non-hydrogen) atoms. The van der Waals surface area contributed by atoms with Crippen LogP contribution in [0.2, 0.25) is 0 Å². The van der Waals surface area contributed by atoms with Crippen LogP contribution in [0.3, 0.4) is 0 Å². The number of carbonyl (C=O) groups excluding carboxylic acids is 1. The SMILES string of the molecule is CS(=O)(=O)N1CCC[C@@H]1CNC(=O)c1ccc(-c2ccccc2C#N)nc1NCCc1cccc(F)c1. The monoisotopic (exact) mass is 521 g/mol. The molecule has 1 aliphatic rings. The number of nitrogens with one attached hydrogen (secondary N) is 2. The first-order chi connectivity index (χ1) is 17.8. The summed E-state index contributed by atoms with van der Waals surface area (Å²) in [7, 11) is -3.35. The third kappa shape index (κ3) is 6.50. The Hall–Kier alpha value is -3.81. The fourth-order valence-electron chi connectivity index (χ4n) is 4.50. The molecule has 1 saturated heterocycles. The van der Waals surface area contributed by atoms with E-state index in [4.69, 9.17) is 0 Å². The zero-order chi connectivity index (χ0) is 26.4. The number of hydrogen-bond donors (Lipinski definition) is 2. The molecule has 10 heteroatoms. The molecule has 192 valence electrons. The Bertz CT molecular complexity index is 1440. The predicted molar refractivity (Wildman–Crippen MR) is 140 cm³/mol. The molecule has 8 nitrogen and oxygen atoms in total. The third-order valence-electron chi connectivity index (χ3n) is 6.31. The molecule has 1 fully saturated rings. The molecular weight excluding hydrogens is 493 g/mol. The predicted octanol–water partition coefficient (Wildman–Crippen LogP) is 3.57. The number of hydrogen-bond acceptors (Lipinski definition) is 6. The summed E-state index contributed by atoms with van der Waals surface area (Å²) < 4.78 is 39.1. The molecule has 1 aromatic heterocycles. The largest absolute Gasteiger partial charge is 0.369 e. The van der Waals surface area contributed by atoms with Gasteiger partial charge in [-0.25, -0.2) is 17.8 Å². The molecule has 0 spiro atoms. The van der Waals surface area contributed by atoms with Crippen molar-refractivity contribution in [2.45, 2.75) is 25.3 Å². The highest BCUT2D eigenvalue weighted by Crippen LogP contribution is 2.25. The normalized spacial score (nSPS) is 15.8. The smallest absolute Gasteiger partial charge is 0.255 e. The number of rotatable bonds is 9. The second kappa shape index (κ2) is 11.5. The molecule has 1 aliphatic heterocycles. The lowest BCUT2D eigenvalue weighted by atomic mass is 10.0. The lowest BCUT2D eigenvalue weighted by Crippen LogP contribution is -2.42. The molecule has 3 aromatic rings. The van der Waals surface area contributed by atoms with Crippen LogP contribution >= 0.6 is 0 Å². The van der Waals surface area contributed by atoms with Gasteiger partial charge in [-0.1, -0.05) is 30.3 Å². The van der Waals surface area contributed by atoms with Crippen LogP contribution in [0.1, 0.15) is 34.3 Å². The number of sulfonamides is 1. The van der Waals surface area contributed by atoms with Gasteiger partial charge in [-0.15, -0.1) is 0 Å². The van der Waals surface area contributed by atoms with Gasteiger partial charge < -0.3 is 10.6 Å². The number of benzene rings is 2. The van der Waals surface area contributed by atoms with E-state index in [0.717, 1.165) is 12.0 Å². The van der Waals surface area contributed by atoms with Gasteiger partial charge in [0.15, 0.2) is 0 Å². The average molecular weight is 522 g/mol. The number of aromatic nitrogens is 1. The summed E-state index contributed by atoms with van der Waals surface area (Å²) in [6, 6.07) is 18.6. The van der Waals surface area contributed by atoms with Crippen molar-refractivity contribution in [2.75, 3.05) is 31.2 Å². The first-order valence-electron chi connectivity index (χ1n) is 12.0. The van der Waals surface area contributed by atoms with E-state index in [2.05, 4.69) is 21.7 Å². The number of halogens is 1. The topological polar surface area (TPSA) is 115 Å². The van der Waals surface area contributed by atoms with Gasteiger partial charge in [-0.05, 0) is 55.2 Å². The van der Waals surface area contributed by atoms with Crippen molar-refractivity contribution >= 4 is 21.7 Å². The quantitative estimate of drug-likeness (QED) is 0.445. The maximum absolute atomic E-state index is 13.6. The van der Waals surface area contributed by atoms with Gasteiger partial charge in [0.05, 0.1) is 29.1 Å². The molecule has 0 aliphatic carbocycles. The minimum Gasteiger partial charge on any atom is -0.369 e. The summed E-state index contributed by atoms with van der Waals surface area (Å²) in [4.78, 5) is 17.8. The maximum atomic E-state index is 13.6. The van der Waals surface area contributed by atoms with Crippen LogP contribution in [0.25, 0.3) is 11.3 Å². The van der Waals surface area contributed by atoms with E-state index in [1.807, 2.05) is 12.1 Å². The minimum absolute atomic E-state index is 0.188. The fourth-order valence-corrected chi connectivity index (χ4v) is 5.69. The molecule has 4 rings (SSSR count). The first-order valence-corrected chi connectivity index (χ1v) is 13.8. The Morgan fingerprint density at radius 1 is 1.19 bits per heavy atom. The van der Waals surface area contributed by atoms with Crippen LogP contribution in [-0.4, -0.2) is 55.5 Å². The van der Waals surface area contributed by atoms with E-state index in [-0.39, 0.29) is 24.3 Å². The van der Waals surface area contributed by atoms with Crippen molar-refractivity contribution in [3.8, 4) is 17.3 Å². The molecule has 2 N–H and O–H groups in total. The van der Waals surface area contributed by atoms with Crippen molar-refractivity contribution in [1.82, 2.24) is 14.6 Å². The highest BCUT2D eigenvalue weighted by molar-refractivity contribution is 7.88. The third-order valence-corrected chi connectivity index (χ3v) is 7.64. The van der Waals surface area contributed by atoms with E-state index in [1.54, 1.807) is 36.4 Å². The Morgan fingerprint density at radius 2 is 2.00 bits per heavy atom. The van der Waals surface area contributed by atoms with Gasteiger partial charge in [-0.2, -0.15) is 9.57 Å². The van der Waals surface area contributed by atoms with Crippen molar-refractivity contribution < 1.29 is 17.6 Å². The Morgan fingerprint density at radius 3 is 2.76 bits per heavy atom. The van der Waals surface area contributed by atoms with E-state index in [9.17, 15) is 22.9 Å². The van der Waals surface area contributed by atoms with Crippen molar-refractivity contribution in [1.29, 1.82) is 5.26 Å². The fraction of sp³-hybridized carbons (Fsp3) is 0.296. The van der Waals surface area contributed by atoms with E-state index < -0.39 is 10.0 Å². The van der Waals surface area contributed by atoms with Gasteiger partial charge >= 0.3 is 0 Å². The van der Waals surface area contributed by atoms with Crippen molar-refractivity contribution in [3.63, 3.8) is 0 Å². The van der Waals surface area contributed by atoms with Crippen LogP contribution in [-0.2, 0) is 16.4 Å². The number of carbonyl (C=O) groups is 1. The van der Waals surface area contributed by atoms with Crippen LogP contribution in [0.15, 0.2) is 60.7 Å². The second-order valence-corrected chi connectivity index (χ2v) is 10.9. The van der Waals surface area contributed by atoms with Crippen molar-refractivity contribution in [3.05, 3.63) is 83.2 Å². The summed E-state index contributed by atoms with van der Waals surface area (Å²) in [6.45, 7) is 1.03. The summed E-state index contributed by atoms with van der Waals surface area (Å²) in [5.74, 6) is -0.382. The van der Waals surface area contributed by atoms with Crippen LogP contribution in [0.4, 0.5) is 10.2 Å². The summed E-state index contributed by atoms with van der Waals surface area (Å²) in [6.07, 6.45) is 3.10. The number of nitriles is 1. The molecule has 0 radical (unpaired) electrons. The van der Waals surface area contributed by atoms with Gasteiger partial charge in [-0.3, -0.25) is 4.79 Å². The van der Waals surface area contributed by atoms with Gasteiger partial charge in [0.2, 0.25) is 10.0 Å². The van der Waals surface area contributed by atoms with Gasteiger partial charge in [0, 0.05) is 31.2 Å². The van der Waals surface area contributed by atoms with Crippen LogP contribution in [0.5, 0.6) is 0 Å². The zero-order valence-electron chi connectivity index (χ0n) is 20.4. The molecule has 0 bridgehead atoms. The highest BCUT2D eigenvalue weighted by Gasteiger charge is 2.31. The maximum Gasteiger partial charge on any atom is 0.255 e. The lowest BCUT2D eigenvalue weighted by molar-refractivity contribution is 0.0947. The summed E-state index contributed by atoms with van der Waals surface area (Å²) in [5, 5.41) is 15.5. The Labute approximate surface area is 216 Å². The number of anilines is 1. The van der Waals surface area contributed by atoms with E-state index in [0.29, 0.717) is 54.1 Å². The summed E-state index contributed by atoms with van der Waals surface area (Å²) in [5.41, 5.74) is 2.72. The van der Waals surface area contributed by atoms with Gasteiger partial charge in [0.1, 0.15) is 11.6 Å². The molecule has 1 amide bonds.